The van der Waals surface area contributed by atoms with Crippen molar-refractivity contribution >= 4 is 11.5 Å². The van der Waals surface area contributed by atoms with Crippen LogP contribution < -0.4 is 21.5 Å². The molecule has 3 rings (SSSR count). The van der Waals surface area contributed by atoms with Crippen molar-refractivity contribution in [3.05, 3.63) is 69.4 Å². The minimum absolute atomic E-state index is 0.174. The molecule has 6 heteroatoms. The molecule has 0 saturated heterocycles. The molecule has 122 valence electrons. The van der Waals surface area contributed by atoms with Crippen LogP contribution in [0.25, 0.3) is 0 Å². The molecule has 2 aromatic rings. The molecule has 1 atom stereocenters. The summed E-state index contributed by atoms with van der Waals surface area (Å²) in [6.07, 6.45) is 1.16. The van der Waals surface area contributed by atoms with Crippen molar-refractivity contribution in [1.29, 1.82) is 0 Å². The molecule has 0 amide bonds. The van der Waals surface area contributed by atoms with Crippen molar-refractivity contribution in [2.45, 2.75) is 12.7 Å². The lowest BCUT2D eigenvalue weighted by Gasteiger charge is -2.16. The van der Waals surface area contributed by atoms with Gasteiger partial charge in [-0.2, -0.15) is 0 Å². The summed E-state index contributed by atoms with van der Waals surface area (Å²) in [7, 11) is 3.42. The van der Waals surface area contributed by atoms with E-state index in [1.165, 1.54) is 10.6 Å². The van der Waals surface area contributed by atoms with Gasteiger partial charge in [0.15, 0.2) is 6.17 Å². The molecule has 1 N–H and O–H groups in total. The highest BCUT2D eigenvalue weighted by atomic mass is 16.2. The van der Waals surface area contributed by atoms with Crippen LogP contribution in [0.2, 0.25) is 0 Å². The maximum absolute atomic E-state index is 12.6. The number of fused-ring (bicyclic) bond motifs is 1. The van der Waals surface area contributed by atoms with Crippen molar-refractivity contribution in [2.24, 2.45) is 7.05 Å². The highest BCUT2D eigenvalue weighted by molar-refractivity contribution is 5.73. The Morgan fingerprint density at radius 2 is 1.96 bits per heavy atom. The number of hydrogen-bond donors (Lipinski definition) is 1. The van der Waals surface area contributed by atoms with Crippen LogP contribution in [-0.4, -0.2) is 22.3 Å². The first-order valence-electron chi connectivity index (χ1n) is 7.55. The summed E-state index contributed by atoms with van der Waals surface area (Å²) >= 11 is 0. The second kappa shape index (κ2) is 6.13. The van der Waals surface area contributed by atoms with Crippen LogP contribution in [0.1, 0.15) is 5.56 Å². The smallest absolute Gasteiger partial charge is 0.332 e. The fourth-order valence-corrected chi connectivity index (χ4v) is 2.69. The number of anilines is 2. The average Bonchev–Trinajstić information content (AvgIpc) is 2.93. The minimum atomic E-state index is -0.379. The Hall–Kier alpha value is -3.20. The fourth-order valence-electron chi connectivity index (χ4n) is 2.69. The SMILES string of the molecule is C=CCn1c(=O)c2c(n(C)c1=O)NC(C#Cc1ccccc1)N2C. The van der Waals surface area contributed by atoms with Gasteiger partial charge in [-0.3, -0.25) is 13.9 Å². The van der Waals surface area contributed by atoms with Gasteiger partial charge in [0, 0.05) is 26.2 Å². The molecule has 0 aliphatic carbocycles. The molecule has 0 spiro atoms. The maximum Gasteiger partial charge on any atom is 0.332 e. The van der Waals surface area contributed by atoms with Crippen LogP contribution in [-0.2, 0) is 13.6 Å². The Morgan fingerprint density at radius 3 is 2.62 bits per heavy atom. The first-order chi connectivity index (χ1) is 11.5. The van der Waals surface area contributed by atoms with Crippen LogP contribution >= 0.6 is 0 Å². The molecular formula is C18H18N4O2. The molecule has 1 aliphatic rings. The van der Waals surface area contributed by atoms with E-state index in [0.717, 1.165) is 10.1 Å². The summed E-state index contributed by atoms with van der Waals surface area (Å²) < 4.78 is 2.60. The van der Waals surface area contributed by atoms with Gasteiger partial charge in [0.25, 0.3) is 5.56 Å². The van der Waals surface area contributed by atoms with Gasteiger partial charge in [-0.15, -0.1) is 6.58 Å². The van der Waals surface area contributed by atoms with E-state index in [4.69, 9.17) is 0 Å². The third kappa shape index (κ3) is 2.50. The topological polar surface area (TPSA) is 59.3 Å². The summed E-state index contributed by atoms with van der Waals surface area (Å²) in [4.78, 5) is 26.7. The Balaban J connectivity index is 2.04. The van der Waals surface area contributed by atoms with Gasteiger partial charge >= 0.3 is 5.69 Å². The second-order valence-electron chi connectivity index (χ2n) is 5.54. The van der Waals surface area contributed by atoms with E-state index in [9.17, 15) is 9.59 Å². The van der Waals surface area contributed by atoms with Gasteiger partial charge in [0.2, 0.25) is 0 Å². The van der Waals surface area contributed by atoms with Gasteiger partial charge in [-0.25, -0.2) is 4.79 Å². The first-order valence-corrected chi connectivity index (χ1v) is 7.55. The van der Waals surface area contributed by atoms with E-state index < -0.39 is 0 Å². The van der Waals surface area contributed by atoms with Crippen LogP contribution in [0.4, 0.5) is 11.5 Å². The summed E-state index contributed by atoms with van der Waals surface area (Å²) in [6, 6.07) is 9.60. The Bertz CT molecular complexity index is 961. The lowest BCUT2D eigenvalue weighted by Crippen LogP contribution is -2.40. The van der Waals surface area contributed by atoms with Crippen molar-refractivity contribution in [2.75, 3.05) is 17.3 Å². The lowest BCUT2D eigenvalue weighted by molar-refractivity contribution is 0.658. The standard InChI is InChI=1S/C18H18N4O2/c1-4-12-22-17(23)15-16(21(3)18(22)24)19-14(20(15)2)11-10-13-8-6-5-7-9-13/h4-9,14,19H,1,12H2,2-3H3. The van der Waals surface area contributed by atoms with Crippen molar-refractivity contribution < 1.29 is 0 Å². The summed E-state index contributed by atoms with van der Waals surface area (Å²) in [5.41, 5.74) is 0.608. The number of benzene rings is 1. The number of allylic oxidation sites excluding steroid dienone is 1. The highest BCUT2D eigenvalue weighted by Gasteiger charge is 2.31. The summed E-state index contributed by atoms with van der Waals surface area (Å²) in [6.45, 7) is 3.77. The predicted octanol–water partition coefficient (Wildman–Crippen LogP) is 0.972. The Labute approximate surface area is 139 Å². The quantitative estimate of drug-likeness (QED) is 0.661. The van der Waals surface area contributed by atoms with E-state index in [-0.39, 0.29) is 24.0 Å². The van der Waals surface area contributed by atoms with Crippen LogP contribution in [0.15, 0.2) is 52.6 Å². The molecule has 1 aromatic heterocycles. The minimum Gasteiger partial charge on any atom is -0.339 e. The largest absolute Gasteiger partial charge is 0.339 e. The predicted molar refractivity (Wildman–Crippen MR) is 95.3 cm³/mol. The van der Waals surface area contributed by atoms with Gasteiger partial charge in [-0.05, 0) is 12.1 Å². The normalized spacial score (nSPS) is 15.2. The van der Waals surface area contributed by atoms with E-state index >= 15 is 0 Å². The van der Waals surface area contributed by atoms with Gasteiger partial charge in [-0.1, -0.05) is 36.1 Å². The fraction of sp³-hybridized carbons (Fsp3) is 0.222. The number of nitrogens with one attached hydrogen (secondary N) is 1. The zero-order valence-corrected chi connectivity index (χ0v) is 13.6. The summed E-state index contributed by atoms with van der Waals surface area (Å²) in [5.74, 6) is 6.67. The number of aromatic nitrogens is 2. The number of hydrogen-bond acceptors (Lipinski definition) is 4. The monoisotopic (exact) mass is 322 g/mol. The third-order valence-electron chi connectivity index (χ3n) is 3.98. The molecule has 1 aromatic carbocycles. The van der Waals surface area contributed by atoms with E-state index in [0.29, 0.717) is 11.5 Å². The van der Waals surface area contributed by atoms with E-state index in [1.54, 1.807) is 19.0 Å². The molecule has 2 heterocycles. The van der Waals surface area contributed by atoms with Gasteiger partial charge in [0.1, 0.15) is 11.5 Å². The number of nitrogens with zero attached hydrogens (tertiary/aromatic N) is 3. The second-order valence-corrected chi connectivity index (χ2v) is 5.54. The van der Waals surface area contributed by atoms with Gasteiger partial charge in [0.05, 0.1) is 0 Å². The highest BCUT2D eigenvalue weighted by Crippen LogP contribution is 2.27. The zero-order valence-electron chi connectivity index (χ0n) is 13.6. The van der Waals surface area contributed by atoms with Crippen molar-refractivity contribution in [3.8, 4) is 11.8 Å². The zero-order chi connectivity index (χ0) is 17.3. The van der Waals surface area contributed by atoms with Crippen LogP contribution in [0.3, 0.4) is 0 Å². The molecule has 24 heavy (non-hydrogen) atoms. The van der Waals surface area contributed by atoms with Crippen molar-refractivity contribution in [3.63, 3.8) is 0 Å². The van der Waals surface area contributed by atoms with E-state index in [2.05, 4.69) is 23.7 Å². The van der Waals surface area contributed by atoms with Crippen LogP contribution in [0.5, 0.6) is 0 Å². The molecule has 0 bridgehead atoms. The molecule has 1 unspecified atom stereocenters. The maximum atomic E-state index is 12.6. The molecular weight excluding hydrogens is 304 g/mol. The Kier molecular flexibility index (Phi) is 4.00. The lowest BCUT2D eigenvalue weighted by atomic mass is 10.2. The van der Waals surface area contributed by atoms with E-state index in [1.807, 2.05) is 30.3 Å². The average molecular weight is 322 g/mol. The third-order valence-corrected chi connectivity index (χ3v) is 3.98. The van der Waals surface area contributed by atoms with Crippen molar-refractivity contribution in [1.82, 2.24) is 9.13 Å². The molecule has 0 saturated carbocycles. The molecule has 0 fully saturated rings. The summed E-state index contributed by atoms with van der Waals surface area (Å²) in [5, 5.41) is 3.15. The Morgan fingerprint density at radius 1 is 1.25 bits per heavy atom. The van der Waals surface area contributed by atoms with Gasteiger partial charge < -0.3 is 10.2 Å². The molecule has 1 aliphatic heterocycles. The first kappa shape index (κ1) is 15.7. The molecule has 6 nitrogen and oxygen atoms in total. The molecule has 0 radical (unpaired) electrons. The number of rotatable bonds is 2. The van der Waals surface area contributed by atoms with Crippen LogP contribution in [0, 0.1) is 11.8 Å².